The number of hydrogen-bond acceptors (Lipinski definition) is 4. The minimum absolute atomic E-state index is 0.104. The lowest BCUT2D eigenvalue weighted by molar-refractivity contribution is -0.122. The van der Waals surface area contributed by atoms with Crippen molar-refractivity contribution in [1.82, 2.24) is 9.78 Å². The number of carbonyl (C=O) groups is 2. The minimum Gasteiger partial charge on any atom is -0.489 e. The predicted molar refractivity (Wildman–Crippen MR) is 98.8 cm³/mol. The summed E-state index contributed by atoms with van der Waals surface area (Å²) in [5.74, 6) is 0.0400. The fourth-order valence-electron chi connectivity index (χ4n) is 4.47. The molecule has 2 aromatic rings. The van der Waals surface area contributed by atoms with Gasteiger partial charge in [-0.25, -0.2) is 0 Å². The van der Waals surface area contributed by atoms with E-state index in [4.69, 9.17) is 10.5 Å². The van der Waals surface area contributed by atoms with Crippen LogP contribution in [0, 0.1) is 5.41 Å². The van der Waals surface area contributed by atoms with E-state index in [1.165, 1.54) is 12.8 Å². The predicted octanol–water partition coefficient (Wildman–Crippen LogP) is 1.85. The van der Waals surface area contributed by atoms with Gasteiger partial charge in [0.2, 0.25) is 0 Å². The fraction of sp³-hybridized carbons (Fsp3) is 0.450. The number of amides is 2. The Morgan fingerprint density at radius 1 is 1.30 bits per heavy atom. The zero-order chi connectivity index (χ0) is 18.8. The summed E-state index contributed by atoms with van der Waals surface area (Å²) in [4.78, 5) is 26.8. The summed E-state index contributed by atoms with van der Waals surface area (Å²) in [5, 5.41) is 4.51. The molecule has 1 fully saturated rings. The maximum atomic E-state index is 13.2. The van der Waals surface area contributed by atoms with Crippen LogP contribution in [-0.4, -0.2) is 35.2 Å². The summed E-state index contributed by atoms with van der Waals surface area (Å²) in [5.41, 5.74) is 8.87. The highest BCUT2D eigenvalue weighted by Gasteiger charge is 2.47. The van der Waals surface area contributed by atoms with Crippen LogP contribution in [0.3, 0.4) is 0 Å². The van der Waals surface area contributed by atoms with Crippen LogP contribution in [0.15, 0.2) is 24.3 Å². The maximum Gasteiger partial charge on any atom is 0.269 e. The van der Waals surface area contributed by atoms with Gasteiger partial charge < -0.3 is 15.4 Å². The van der Waals surface area contributed by atoms with Crippen molar-refractivity contribution >= 4 is 17.5 Å². The van der Waals surface area contributed by atoms with Crippen LogP contribution in [0.5, 0.6) is 5.75 Å². The minimum atomic E-state index is -0.613. The number of hydrogen-bond donors (Lipinski definition) is 1. The van der Waals surface area contributed by atoms with Crippen molar-refractivity contribution in [1.29, 1.82) is 0 Å². The van der Waals surface area contributed by atoms with Gasteiger partial charge in [0.1, 0.15) is 12.4 Å². The summed E-state index contributed by atoms with van der Waals surface area (Å²) in [7, 11) is 1.74. The van der Waals surface area contributed by atoms with E-state index >= 15 is 0 Å². The summed E-state index contributed by atoms with van der Waals surface area (Å²) in [6.45, 7) is 0.178. The number of ether oxygens (including phenoxy) is 1. The molecule has 0 bridgehead atoms. The van der Waals surface area contributed by atoms with E-state index in [0.717, 1.165) is 36.2 Å². The van der Waals surface area contributed by atoms with E-state index in [2.05, 4.69) is 5.10 Å². The second-order valence-electron chi connectivity index (χ2n) is 7.95. The molecule has 1 spiro atoms. The Morgan fingerprint density at radius 2 is 2.07 bits per heavy atom. The van der Waals surface area contributed by atoms with E-state index in [9.17, 15) is 9.59 Å². The molecule has 2 N–H and O–H groups in total. The van der Waals surface area contributed by atoms with Crippen molar-refractivity contribution in [2.75, 3.05) is 18.6 Å². The van der Waals surface area contributed by atoms with Crippen molar-refractivity contribution in [3.63, 3.8) is 0 Å². The molecule has 0 radical (unpaired) electrons. The Labute approximate surface area is 157 Å². The Kier molecular flexibility index (Phi) is 3.38. The molecule has 0 unspecified atom stereocenters. The topological polar surface area (TPSA) is 90.5 Å². The molecule has 0 saturated heterocycles. The number of nitrogens with two attached hydrogens (primary N) is 1. The average molecular weight is 366 g/mol. The summed E-state index contributed by atoms with van der Waals surface area (Å²) >= 11 is 0. The largest absolute Gasteiger partial charge is 0.489 e. The molecule has 2 amide bonds. The molecular formula is C20H22N4O3. The van der Waals surface area contributed by atoms with Gasteiger partial charge >= 0.3 is 0 Å². The smallest absolute Gasteiger partial charge is 0.269 e. The molecule has 7 heteroatoms. The first kappa shape index (κ1) is 16.4. The first-order valence-corrected chi connectivity index (χ1v) is 9.39. The number of likely N-dealkylation sites (N-methyl/N-ethyl adjacent to an activating group) is 1. The molecule has 1 aliphatic heterocycles. The zero-order valence-corrected chi connectivity index (χ0v) is 15.3. The third-order valence-corrected chi connectivity index (χ3v) is 6.29. The lowest BCUT2D eigenvalue weighted by Gasteiger charge is -2.25. The van der Waals surface area contributed by atoms with Gasteiger partial charge in [-0.3, -0.25) is 14.3 Å². The second kappa shape index (κ2) is 5.58. The van der Waals surface area contributed by atoms with E-state index < -0.39 is 11.9 Å². The third kappa shape index (κ3) is 2.44. The number of benzene rings is 1. The maximum absolute atomic E-state index is 13.2. The van der Waals surface area contributed by atoms with E-state index in [-0.39, 0.29) is 12.5 Å². The van der Waals surface area contributed by atoms with Crippen molar-refractivity contribution in [2.24, 2.45) is 11.1 Å². The fourth-order valence-corrected chi connectivity index (χ4v) is 4.47. The summed E-state index contributed by atoms with van der Waals surface area (Å²) in [6, 6.07) is 6.86. The molecular weight excluding hydrogens is 344 g/mol. The van der Waals surface area contributed by atoms with E-state index in [1.807, 2.05) is 24.3 Å². The highest BCUT2D eigenvalue weighted by Crippen LogP contribution is 2.55. The molecule has 7 nitrogen and oxygen atoms in total. The molecule has 5 rings (SSSR count). The molecule has 3 aliphatic rings. The zero-order valence-electron chi connectivity index (χ0n) is 15.3. The van der Waals surface area contributed by atoms with E-state index in [0.29, 0.717) is 16.9 Å². The van der Waals surface area contributed by atoms with Gasteiger partial charge in [0, 0.05) is 18.3 Å². The van der Waals surface area contributed by atoms with Crippen LogP contribution in [0.4, 0.5) is 5.69 Å². The second-order valence-corrected chi connectivity index (χ2v) is 7.95. The SMILES string of the molecule is CN1C(=O)[C@@H](n2nc(C(N)=O)c3c2CCC2(CC2)C3)COc2ccccc21. The van der Waals surface area contributed by atoms with Crippen LogP contribution < -0.4 is 15.4 Å². The van der Waals surface area contributed by atoms with Gasteiger partial charge in [0.05, 0.1) is 5.69 Å². The van der Waals surface area contributed by atoms with Crippen molar-refractivity contribution in [3.8, 4) is 5.75 Å². The number of rotatable bonds is 2. The normalized spacial score (nSPS) is 22.6. The molecule has 1 aromatic carbocycles. The van der Waals surface area contributed by atoms with Crippen LogP contribution >= 0.6 is 0 Å². The lowest BCUT2D eigenvalue weighted by Crippen LogP contribution is -2.37. The number of para-hydroxylation sites is 2. The Bertz CT molecular complexity index is 960. The van der Waals surface area contributed by atoms with Gasteiger partial charge in [-0.15, -0.1) is 0 Å². The monoisotopic (exact) mass is 366 g/mol. The molecule has 2 aliphatic carbocycles. The molecule has 140 valence electrons. The molecule has 1 atom stereocenters. The Balaban J connectivity index is 1.57. The van der Waals surface area contributed by atoms with Crippen molar-refractivity contribution < 1.29 is 14.3 Å². The van der Waals surface area contributed by atoms with Gasteiger partial charge in [-0.1, -0.05) is 12.1 Å². The number of primary amides is 1. The highest BCUT2D eigenvalue weighted by atomic mass is 16.5. The Morgan fingerprint density at radius 3 is 2.81 bits per heavy atom. The summed E-state index contributed by atoms with van der Waals surface area (Å²) in [6.07, 6.45) is 5.11. The van der Waals surface area contributed by atoms with Crippen LogP contribution in [0.25, 0.3) is 0 Å². The first-order valence-electron chi connectivity index (χ1n) is 9.39. The summed E-state index contributed by atoms with van der Waals surface area (Å²) < 4.78 is 7.63. The average Bonchev–Trinajstić information content (AvgIpc) is 3.33. The number of anilines is 1. The first-order chi connectivity index (χ1) is 13.0. The van der Waals surface area contributed by atoms with E-state index in [1.54, 1.807) is 16.6 Å². The van der Waals surface area contributed by atoms with Crippen LogP contribution in [0.2, 0.25) is 0 Å². The third-order valence-electron chi connectivity index (χ3n) is 6.29. The lowest BCUT2D eigenvalue weighted by atomic mass is 9.83. The quantitative estimate of drug-likeness (QED) is 0.878. The van der Waals surface area contributed by atoms with Crippen molar-refractivity contribution in [2.45, 2.75) is 38.1 Å². The Hall–Kier alpha value is -2.83. The molecule has 1 saturated carbocycles. The molecule has 27 heavy (non-hydrogen) atoms. The molecule has 1 aromatic heterocycles. The van der Waals surface area contributed by atoms with Crippen LogP contribution in [0.1, 0.15) is 47.1 Å². The number of fused-ring (bicyclic) bond motifs is 2. The number of carbonyl (C=O) groups excluding carboxylic acids is 2. The number of aromatic nitrogens is 2. The standard InChI is InChI=1S/C20H22N4O3/c1-23-14-4-2-3-5-16(14)27-11-15(19(23)26)24-13-6-7-20(8-9-20)10-12(13)17(22-24)18(21)25/h2-5,15H,6-11H2,1H3,(H2,21,25)/t15-/m0/s1. The van der Waals surface area contributed by atoms with Crippen molar-refractivity contribution in [3.05, 3.63) is 41.2 Å². The van der Waals surface area contributed by atoms with Gasteiger partial charge in [-0.05, 0) is 49.7 Å². The van der Waals surface area contributed by atoms with Crippen LogP contribution in [-0.2, 0) is 17.6 Å². The number of nitrogens with zero attached hydrogens (tertiary/aromatic N) is 3. The van der Waals surface area contributed by atoms with Gasteiger partial charge in [0.25, 0.3) is 11.8 Å². The van der Waals surface area contributed by atoms with Gasteiger partial charge in [-0.2, -0.15) is 5.10 Å². The molecule has 2 heterocycles. The highest BCUT2D eigenvalue weighted by molar-refractivity contribution is 5.98. The van der Waals surface area contributed by atoms with Gasteiger partial charge in [0.15, 0.2) is 11.7 Å².